The lowest BCUT2D eigenvalue weighted by atomic mass is 10.2. The Kier molecular flexibility index (Phi) is 3.88. The molecule has 0 atom stereocenters. The van der Waals surface area contributed by atoms with E-state index in [0.717, 1.165) is 30.2 Å². The molecule has 0 amide bonds. The van der Waals surface area contributed by atoms with E-state index < -0.39 is 14.9 Å². The second-order valence-electron chi connectivity index (χ2n) is 5.02. The quantitative estimate of drug-likeness (QED) is 0.636. The third-order valence-corrected chi connectivity index (χ3v) is 6.40. The minimum absolute atomic E-state index is 0.0410. The van der Waals surface area contributed by atoms with Crippen LogP contribution in [0.4, 0.5) is 11.4 Å². The van der Waals surface area contributed by atoms with Crippen molar-refractivity contribution in [2.24, 2.45) is 0 Å². The fourth-order valence-electron chi connectivity index (χ4n) is 2.54. The lowest BCUT2D eigenvalue weighted by Crippen LogP contribution is -2.31. The van der Waals surface area contributed by atoms with Crippen LogP contribution in [-0.4, -0.2) is 19.9 Å². The van der Waals surface area contributed by atoms with Gasteiger partial charge in [-0.05, 0) is 36.8 Å². The lowest BCUT2D eigenvalue weighted by molar-refractivity contribution is -0.385. The molecule has 0 unspecified atom stereocenters. The monoisotopic (exact) mass is 338 g/mol. The number of fused-ring (bicyclic) bond motifs is 1. The van der Waals surface area contributed by atoms with Crippen LogP contribution in [0, 0.1) is 10.1 Å². The molecule has 1 aromatic carbocycles. The molecule has 0 spiro atoms. The van der Waals surface area contributed by atoms with E-state index in [0.29, 0.717) is 12.2 Å². The van der Waals surface area contributed by atoms with Crippen LogP contribution in [0.5, 0.6) is 0 Å². The van der Waals surface area contributed by atoms with Crippen LogP contribution in [0.1, 0.15) is 17.7 Å². The van der Waals surface area contributed by atoms with Gasteiger partial charge in [0, 0.05) is 23.6 Å². The van der Waals surface area contributed by atoms with Crippen LogP contribution in [-0.2, 0) is 16.4 Å². The molecule has 1 aromatic heterocycles. The number of non-ortho nitro benzene ring substituents is 1. The van der Waals surface area contributed by atoms with Gasteiger partial charge in [-0.15, -0.1) is 11.3 Å². The molecule has 3 rings (SSSR count). The van der Waals surface area contributed by atoms with Gasteiger partial charge in [-0.1, -0.05) is 6.07 Å². The molecule has 0 bridgehead atoms. The van der Waals surface area contributed by atoms with E-state index in [1.807, 2.05) is 5.38 Å². The third kappa shape index (κ3) is 2.59. The zero-order chi connectivity index (χ0) is 15.7. The van der Waals surface area contributed by atoms with Crippen molar-refractivity contribution in [3.63, 3.8) is 0 Å². The first-order valence-electron chi connectivity index (χ1n) is 6.84. The number of benzene rings is 1. The minimum atomic E-state index is -3.79. The van der Waals surface area contributed by atoms with Gasteiger partial charge in [0.15, 0.2) is 0 Å². The van der Waals surface area contributed by atoms with Gasteiger partial charge in [0.1, 0.15) is 0 Å². The van der Waals surface area contributed by atoms with Crippen molar-refractivity contribution in [1.29, 1.82) is 0 Å². The van der Waals surface area contributed by atoms with Crippen molar-refractivity contribution in [1.82, 2.24) is 0 Å². The van der Waals surface area contributed by atoms with E-state index in [9.17, 15) is 18.5 Å². The fourth-order valence-corrected chi connectivity index (χ4v) is 5.09. The van der Waals surface area contributed by atoms with Crippen molar-refractivity contribution in [3.8, 4) is 0 Å². The highest BCUT2D eigenvalue weighted by molar-refractivity contribution is 7.92. The molecule has 0 N–H and O–H groups in total. The predicted molar refractivity (Wildman–Crippen MR) is 84.9 cm³/mol. The molecule has 0 saturated carbocycles. The van der Waals surface area contributed by atoms with Crippen molar-refractivity contribution in [2.45, 2.75) is 24.2 Å². The number of rotatable bonds is 3. The highest BCUT2D eigenvalue weighted by atomic mass is 32.2. The van der Waals surface area contributed by atoms with Crippen LogP contribution in [0.2, 0.25) is 0 Å². The Morgan fingerprint density at radius 2 is 2.05 bits per heavy atom. The van der Waals surface area contributed by atoms with E-state index in [1.165, 1.54) is 22.5 Å². The lowest BCUT2D eigenvalue weighted by Gasteiger charge is -2.22. The van der Waals surface area contributed by atoms with Crippen molar-refractivity contribution < 1.29 is 13.3 Å². The molecule has 116 valence electrons. The molecule has 1 aliphatic heterocycles. The highest BCUT2D eigenvalue weighted by Crippen LogP contribution is 2.35. The Labute approximate surface area is 132 Å². The molecule has 6 nitrogen and oxygen atoms in total. The maximum Gasteiger partial charge on any atom is 0.270 e. The molecule has 2 aromatic rings. The van der Waals surface area contributed by atoms with Gasteiger partial charge in [-0.2, -0.15) is 0 Å². The summed E-state index contributed by atoms with van der Waals surface area (Å²) in [4.78, 5) is 11.3. The molecular formula is C14H14N2O4S2. The van der Waals surface area contributed by atoms with E-state index in [-0.39, 0.29) is 10.6 Å². The Hall–Kier alpha value is -1.93. The summed E-state index contributed by atoms with van der Waals surface area (Å²) >= 11 is 1.55. The number of aryl methyl sites for hydroxylation is 1. The van der Waals surface area contributed by atoms with Crippen molar-refractivity contribution >= 4 is 32.7 Å². The number of thiophene rings is 1. The third-order valence-electron chi connectivity index (χ3n) is 3.62. The Balaban J connectivity index is 2.07. The minimum Gasteiger partial charge on any atom is -0.265 e. The first-order chi connectivity index (χ1) is 10.5. The smallest absolute Gasteiger partial charge is 0.265 e. The highest BCUT2D eigenvalue weighted by Gasteiger charge is 2.29. The van der Waals surface area contributed by atoms with Crippen molar-refractivity contribution in [2.75, 3.05) is 10.8 Å². The van der Waals surface area contributed by atoms with Gasteiger partial charge >= 0.3 is 0 Å². The molecule has 8 heteroatoms. The van der Waals surface area contributed by atoms with E-state index in [4.69, 9.17) is 0 Å². The summed E-state index contributed by atoms with van der Waals surface area (Å²) in [5.41, 5.74) is 0.482. The van der Waals surface area contributed by atoms with Gasteiger partial charge in [0.25, 0.3) is 15.7 Å². The second-order valence-corrected chi connectivity index (χ2v) is 7.88. The SMILES string of the molecule is O=[N+]([O-])c1cccc(S(=O)(=O)N2CCCCc3sccc32)c1. The summed E-state index contributed by atoms with van der Waals surface area (Å²) in [7, 11) is -3.79. The van der Waals surface area contributed by atoms with E-state index in [1.54, 1.807) is 17.4 Å². The number of hydrogen-bond donors (Lipinski definition) is 0. The molecule has 0 saturated heterocycles. The molecular weight excluding hydrogens is 324 g/mol. The van der Waals surface area contributed by atoms with Gasteiger partial charge in [-0.3, -0.25) is 14.4 Å². The summed E-state index contributed by atoms with van der Waals surface area (Å²) in [6, 6.07) is 7.01. The van der Waals surface area contributed by atoms with Gasteiger partial charge < -0.3 is 0 Å². The predicted octanol–water partition coefficient (Wildman–Crippen LogP) is 3.19. The van der Waals surface area contributed by atoms with Gasteiger partial charge in [0.2, 0.25) is 0 Å². The Morgan fingerprint density at radius 3 is 2.82 bits per heavy atom. The van der Waals surface area contributed by atoms with Crippen LogP contribution in [0.25, 0.3) is 0 Å². The Morgan fingerprint density at radius 1 is 1.23 bits per heavy atom. The Bertz CT molecular complexity index is 814. The van der Waals surface area contributed by atoms with Crippen molar-refractivity contribution in [3.05, 3.63) is 50.7 Å². The zero-order valence-electron chi connectivity index (χ0n) is 11.6. The maximum atomic E-state index is 12.9. The average Bonchev–Trinajstić information content (AvgIpc) is 2.86. The largest absolute Gasteiger partial charge is 0.270 e. The number of nitro groups is 1. The summed E-state index contributed by atoms with van der Waals surface area (Å²) in [6.45, 7) is 0.398. The van der Waals surface area contributed by atoms with E-state index in [2.05, 4.69) is 0 Å². The fraction of sp³-hybridized carbons (Fsp3) is 0.286. The number of nitrogens with zero attached hydrogens (tertiary/aromatic N) is 2. The molecule has 0 radical (unpaired) electrons. The standard InChI is InChI=1S/C14H14N2O4S2/c17-16(18)11-4-3-5-12(10-11)22(19,20)15-8-2-1-6-14-13(15)7-9-21-14/h3-5,7,9-10H,1-2,6,8H2. The van der Waals surface area contributed by atoms with Gasteiger partial charge in [-0.25, -0.2) is 8.42 Å². The topological polar surface area (TPSA) is 80.5 Å². The molecule has 2 heterocycles. The maximum absolute atomic E-state index is 12.9. The van der Waals surface area contributed by atoms with Gasteiger partial charge in [0.05, 0.1) is 15.5 Å². The summed E-state index contributed by atoms with van der Waals surface area (Å²) in [6.07, 6.45) is 2.58. The molecule has 22 heavy (non-hydrogen) atoms. The van der Waals surface area contributed by atoms with Crippen LogP contribution >= 0.6 is 11.3 Å². The average molecular weight is 338 g/mol. The normalized spacial score (nSPS) is 15.2. The first kappa shape index (κ1) is 15.0. The first-order valence-corrected chi connectivity index (χ1v) is 9.16. The number of sulfonamides is 1. The summed E-state index contributed by atoms with van der Waals surface area (Å²) < 4.78 is 27.1. The molecule has 1 aliphatic rings. The number of anilines is 1. The van der Waals surface area contributed by atoms with Crippen LogP contribution in [0.15, 0.2) is 40.6 Å². The molecule has 0 aliphatic carbocycles. The van der Waals surface area contributed by atoms with E-state index >= 15 is 0 Å². The number of nitro benzene ring substituents is 1. The number of hydrogen-bond acceptors (Lipinski definition) is 5. The molecule has 0 fully saturated rings. The summed E-state index contributed by atoms with van der Waals surface area (Å²) in [5, 5.41) is 12.7. The second kappa shape index (κ2) is 5.69. The van der Waals surface area contributed by atoms with Crippen LogP contribution < -0.4 is 4.31 Å². The summed E-state index contributed by atoms with van der Waals surface area (Å²) in [5.74, 6) is 0. The zero-order valence-corrected chi connectivity index (χ0v) is 13.3. The van der Waals surface area contributed by atoms with Crippen LogP contribution in [0.3, 0.4) is 0 Å².